The van der Waals surface area contributed by atoms with Gasteiger partial charge >= 0.3 is 0 Å². The number of nitrogens with zero attached hydrogens (tertiary/aromatic N) is 4. The van der Waals surface area contributed by atoms with Gasteiger partial charge in [-0.15, -0.1) is 0 Å². The number of aromatic nitrogens is 4. The molecule has 5 rings (SSSR count). The topological polar surface area (TPSA) is 81.8 Å². The van der Waals surface area contributed by atoms with Crippen LogP contribution in [0, 0.1) is 0 Å². The molecule has 2 fully saturated rings. The first-order valence-electron chi connectivity index (χ1n) is 9.44. The Morgan fingerprint density at radius 3 is 2.48 bits per heavy atom. The van der Waals surface area contributed by atoms with Crippen LogP contribution in [0.25, 0.3) is 11.2 Å². The SMILES string of the molecule is c1nc2c(NC3CSSC3)nc(Nc3ccc(N4CCSSCC4)cc3)nc2[nH]1. The zero-order valence-electron chi connectivity index (χ0n) is 15.6. The highest BCUT2D eigenvalue weighted by Crippen LogP contribution is 2.33. The van der Waals surface area contributed by atoms with E-state index in [2.05, 4.69) is 54.8 Å². The van der Waals surface area contributed by atoms with Crippen LogP contribution in [0.15, 0.2) is 30.6 Å². The van der Waals surface area contributed by atoms with Crippen molar-refractivity contribution >= 4 is 77.5 Å². The number of H-pyrrole nitrogens is 1. The number of imidazole rings is 1. The van der Waals surface area contributed by atoms with Crippen LogP contribution in [0.4, 0.5) is 23.1 Å². The predicted octanol–water partition coefficient (Wildman–Crippen LogP) is 4.47. The average Bonchev–Trinajstić information content (AvgIpc) is 3.35. The third kappa shape index (κ3) is 4.68. The fourth-order valence-electron chi connectivity index (χ4n) is 3.25. The number of rotatable bonds is 5. The van der Waals surface area contributed by atoms with Crippen LogP contribution in [-0.2, 0) is 0 Å². The van der Waals surface area contributed by atoms with Gasteiger partial charge in [-0.05, 0) is 24.3 Å². The van der Waals surface area contributed by atoms with Crippen molar-refractivity contribution < 1.29 is 0 Å². The summed E-state index contributed by atoms with van der Waals surface area (Å²) >= 11 is 0. The molecule has 2 aromatic heterocycles. The van der Waals surface area contributed by atoms with Crippen LogP contribution in [0.2, 0.25) is 0 Å². The van der Waals surface area contributed by atoms with Crippen molar-refractivity contribution in [1.82, 2.24) is 19.9 Å². The van der Waals surface area contributed by atoms with E-state index in [0.29, 0.717) is 12.0 Å². The molecule has 2 saturated heterocycles. The number of hydrogen-bond acceptors (Lipinski definition) is 10. The molecule has 0 atom stereocenters. The van der Waals surface area contributed by atoms with E-state index in [1.807, 2.05) is 43.2 Å². The van der Waals surface area contributed by atoms with Gasteiger partial charge in [-0.1, -0.05) is 43.2 Å². The van der Waals surface area contributed by atoms with Gasteiger partial charge in [0.1, 0.15) is 5.52 Å². The zero-order chi connectivity index (χ0) is 19.5. The molecule has 29 heavy (non-hydrogen) atoms. The summed E-state index contributed by atoms with van der Waals surface area (Å²) in [5.41, 5.74) is 3.76. The number of hydrogen-bond donors (Lipinski definition) is 3. The molecule has 0 bridgehead atoms. The Morgan fingerprint density at radius 1 is 0.966 bits per heavy atom. The monoisotopic (exact) mass is 463 g/mol. The lowest BCUT2D eigenvalue weighted by atomic mass is 10.2. The van der Waals surface area contributed by atoms with Gasteiger partial charge in [-0.2, -0.15) is 9.97 Å². The summed E-state index contributed by atoms with van der Waals surface area (Å²) in [6, 6.07) is 8.93. The number of benzene rings is 1. The van der Waals surface area contributed by atoms with Crippen molar-refractivity contribution in [3.05, 3.63) is 30.6 Å². The number of nitrogens with one attached hydrogen (secondary N) is 3. The molecule has 1 aromatic carbocycles. The fourth-order valence-corrected chi connectivity index (χ4v) is 7.86. The van der Waals surface area contributed by atoms with Crippen LogP contribution < -0.4 is 15.5 Å². The maximum atomic E-state index is 4.71. The van der Waals surface area contributed by atoms with E-state index in [1.165, 1.54) is 5.69 Å². The quantitative estimate of drug-likeness (QED) is 0.471. The molecule has 3 aromatic rings. The first kappa shape index (κ1) is 19.5. The van der Waals surface area contributed by atoms with Gasteiger partial charge in [0.05, 0.1) is 6.33 Å². The molecule has 0 spiro atoms. The van der Waals surface area contributed by atoms with Crippen molar-refractivity contribution in [1.29, 1.82) is 0 Å². The highest BCUT2D eigenvalue weighted by molar-refractivity contribution is 8.77. The molecule has 0 unspecified atom stereocenters. The molecule has 2 aliphatic rings. The van der Waals surface area contributed by atoms with Crippen molar-refractivity contribution in [3.8, 4) is 0 Å². The van der Waals surface area contributed by atoms with Crippen LogP contribution in [-0.4, -0.2) is 62.1 Å². The van der Waals surface area contributed by atoms with Crippen molar-refractivity contribution in [2.45, 2.75) is 6.04 Å². The Morgan fingerprint density at radius 2 is 1.72 bits per heavy atom. The fraction of sp³-hybridized carbons (Fsp3) is 0.389. The molecular weight excluding hydrogens is 443 g/mol. The van der Waals surface area contributed by atoms with Gasteiger partial charge in [0.15, 0.2) is 11.5 Å². The van der Waals surface area contributed by atoms with E-state index in [-0.39, 0.29) is 0 Å². The highest BCUT2D eigenvalue weighted by atomic mass is 33.1. The molecule has 2 aliphatic heterocycles. The zero-order valence-corrected chi connectivity index (χ0v) is 18.9. The second-order valence-electron chi connectivity index (χ2n) is 6.71. The average molecular weight is 464 g/mol. The Balaban J connectivity index is 1.34. The second-order valence-corrected chi connectivity index (χ2v) is 12.0. The molecule has 0 amide bonds. The van der Waals surface area contributed by atoms with Crippen LogP contribution >= 0.6 is 43.2 Å². The Hall–Kier alpha value is -1.43. The summed E-state index contributed by atoms with van der Waals surface area (Å²) in [5.74, 6) is 5.81. The van der Waals surface area contributed by atoms with Crippen LogP contribution in [0.3, 0.4) is 0 Å². The maximum Gasteiger partial charge on any atom is 0.231 e. The molecule has 0 radical (unpaired) electrons. The van der Waals surface area contributed by atoms with E-state index < -0.39 is 0 Å². The van der Waals surface area contributed by atoms with Gasteiger partial charge in [0.2, 0.25) is 5.95 Å². The molecule has 11 heteroatoms. The minimum Gasteiger partial charge on any atom is -0.370 e. The maximum absolute atomic E-state index is 4.71. The van der Waals surface area contributed by atoms with E-state index in [1.54, 1.807) is 6.33 Å². The van der Waals surface area contributed by atoms with Crippen LogP contribution in [0.5, 0.6) is 0 Å². The first-order chi connectivity index (χ1) is 14.3. The van der Waals surface area contributed by atoms with Gasteiger partial charge in [-0.3, -0.25) is 0 Å². The van der Waals surface area contributed by atoms with Gasteiger partial charge in [0, 0.05) is 53.5 Å². The van der Waals surface area contributed by atoms with E-state index in [9.17, 15) is 0 Å². The van der Waals surface area contributed by atoms with E-state index >= 15 is 0 Å². The smallest absolute Gasteiger partial charge is 0.231 e. The van der Waals surface area contributed by atoms with Gasteiger partial charge in [-0.25, -0.2) is 4.98 Å². The summed E-state index contributed by atoms with van der Waals surface area (Å²) in [6.07, 6.45) is 1.67. The Labute approximate surface area is 185 Å². The van der Waals surface area contributed by atoms with Gasteiger partial charge in [0.25, 0.3) is 0 Å². The normalized spacial score (nSPS) is 18.1. The first-order valence-corrected chi connectivity index (χ1v) is 14.4. The summed E-state index contributed by atoms with van der Waals surface area (Å²) in [4.78, 5) is 19.2. The minimum absolute atomic E-state index is 0.400. The number of anilines is 4. The van der Waals surface area contributed by atoms with Gasteiger partial charge < -0.3 is 20.5 Å². The van der Waals surface area contributed by atoms with Crippen molar-refractivity contribution in [3.63, 3.8) is 0 Å². The Kier molecular flexibility index (Phi) is 6.16. The lowest BCUT2D eigenvalue weighted by Gasteiger charge is -2.22. The van der Waals surface area contributed by atoms with Crippen LogP contribution in [0.1, 0.15) is 0 Å². The molecule has 4 heterocycles. The predicted molar refractivity (Wildman–Crippen MR) is 131 cm³/mol. The van der Waals surface area contributed by atoms with Crippen molar-refractivity contribution in [2.24, 2.45) is 0 Å². The largest absolute Gasteiger partial charge is 0.370 e. The molecule has 0 aliphatic carbocycles. The summed E-state index contributed by atoms with van der Waals surface area (Å²) in [7, 11) is 7.71. The van der Waals surface area contributed by atoms with E-state index in [4.69, 9.17) is 4.98 Å². The molecule has 0 saturated carbocycles. The minimum atomic E-state index is 0.400. The third-order valence-electron chi connectivity index (χ3n) is 4.70. The van der Waals surface area contributed by atoms with Crippen molar-refractivity contribution in [2.75, 3.05) is 51.6 Å². The number of fused-ring (bicyclic) bond motifs is 1. The lowest BCUT2D eigenvalue weighted by Crippen LogP contribution is -2.26. The third-order valence-corrected chi connectivity index (χ3v) is 9.63. The molecule has 152 valence electrons. The summed E-state index contributed by atoms with van der Waals surface area (Å²) in [6.45, 7) is 2.19. The Bertz CT molecular complexity index is 951. The molecule has 7 nitrogen and oxygen atoms in total. The second kappa shape index (κ2) is 9.15. The summed E-state index contributed by atoms with van der Waals surface area (Å²) < 4.78 is 0. The highest BCUT2D eigenvalue weighted by Gasteiger charge is 2.19. The molecular formula is C18H21N7S4. The summed E-state index contributed by atoms with van der Waals surface area (Å²) in [5, 5.41) is 6.87. The number of aromatic amines is 1. The van der Waals surface area contributed by atoms with E-state index in [0.717, 1.165) is 58.8 Å². The standard InChI is InChI=1S/C18H21N7S4/c1-3-14(25-5-7-26-27-8-6-25)4-2-12(1)22-18-23-16-15(19-11-20-16)17(24-18)21-13-9-28-29-10-13/h1-4,11,13H,5-10H2,(H3,19,20,21,22,23,24). The lowest BCUT2D eigenvalue weighted by molar-refractivity contribution is 0.884. The molecule has 3 N–H and O–H groups in total.